The maximum Gasteiger partial charge on any atom is 0.337 e. The van der Waals surface area contributed by atoms with Crippen LogP contribution in [0.15, 0.2) is 18.2 Å². The molecule has 102 valence electrons. The molecule has 0 aliphatic rings. The fraction of sp³-hybridized carbons (Fsp3) is 0.250. The van der Waals surface area contributed by atoms with Crippen LogP contribution in [0.5, 0.6) is 0 Å². The van der Waals surface area contributed by atoms with Crippen molar-refractivity contribution in [1.82, 2.24) is 0 Å². The quantitative estimate of drug-likeness (QED) is 0.682. The molecule has 19 heavy (non-hydrogen) atoms. The number of carboxylic acid groups (broad SMARTS) is 2. The van der Waals surface area contributed by atoms with E-state index >= 15 is 0 Å². The van der Waals surface area contributed by atoms with Gasteiger partial charge in [-0.1, -0.05) is 6.92 Å². The first-order chi connectivity index (χ1) is 8.81. The maximum atomic E-state index is 11.6. The summed E-state index contributed by atoms with van der Waals surface area (Å²) in [5.74, 6) is -3.58. The summed E-state index contributed by atoms with van der Waals surface area (Å²) < 4.78 is 0.729. The second kappa shape index (κ2) is 6.50. The predicted octanol–water partition coefficient (Wildman–Crippen LogP) is 2.04. The van der Waals surface area contributed by atoms with E-state index in [0.29, 0.717) is 0 Å². The third-order valence-electron chi connectivity index (χ3n) is 2.40. The number of nitrogens with one attached hydrogen (secondary N) is 1. The molecule has 1 aromatic carbocycles. The third kappa shape index (κ3) is 4.51. The number of anilines is 1. The molecule has 3 N–H and O–H groups in total. The van der Waals surface area contributed by atoms with Crippen LogP contribution in [0.1, 0.15) is 23.7 Å². The van der Waals surface area contributed by atoms with E-state index in [1.54, 1.807) is 6.07 Å². The average Bonchev–Trinajstić information content (AvgIpc) is 2.30. The Labute approximate surface area is 123 Å². The monoisotopic (exact) mass is 377 g/mol. The minimum Gasteiger partial charge on any atom is -0.481 e. The second-order valence-corrected chi connectivity index (χ2v) is 5.23. The van der Waals surface area contributed by atoms with Crippen molar-refractivity contribution >= 4 is 46.1 Å². The topological polar surface area (TPSA) is 104 Å². The van der Waals surface area contributed by atoms with Crippen molar-refractivity contribution in [1.29, 1.82) is 0 Å². The van der Waals surface area contributed by atoms with Crippen molar-refractivity contribution in [2.24, 2.45) is 5.92 Å². The summed E-state index contributed by atoms with van der Waals surface area (Å²) in [6.07, 6.45) is -0.208. The molecule has 0 unspecified atom stereocenters. The van der Waals surface area contributed by atoms with Crippen LogP contribution in [0, 0.1) is 9.49 Å². The number of benzene rings is 1. The summed E-state index contributed by atoms with van der Waals surface area (Å²) in [6, 6.07) is 4.57. The van der Waals surface area contributed by atoms with E-state index in [9.17, 15) is 14.4 Å². The molecule has 0 aliphatic carbocycles. The van der Waals surface area contributed by atoms with Gasteiger partial charge in [0.15, 0.2) is 0 Å². The van der Waals surface area contributed by atoms with Gasteiger partial charge in [-0.2, -0.15) is 0 Å². The molecule has 0 bridgehead atoms. The van der Waals surface area contributed by atoms with Gasteiger partial charge in [-0.3, -0.25) is 9.59 Å². The number of aromatic carboxylic acids is 1. The van der Waals surface area contributed by atoms with Gasteiger partial charge >= 0.3 is 11.9 Å². The largest absolute Gasteiger partial charge is 0.481 e. The van der Waals surface area contributed by atoms with Gasteiger partial charge in [0.2, 0.25) is 5.91 Å². The maximum absolute atomic E-state index is 11.6. The molecule has 0 heterocycles. The highest BCUT2D eigenvalue weighted by Gasteiger charge is 2.18. The number of carbonyl (C=O) groups excluding carboxylic acids is 1. The lowest BCUT2D eigenvalue weighted by Gasteiger charge is -2.10. The summed E-state index contributed by atoms with van der Waals surface area (Å²) in [7, 11) is 0. The van der Waals surface area contributed by atoms with Crippen LogP contribution in [-0.2, 0) is 9.59 Å². The lowest BCUT2D eigenvalue weighted by molar-refractivity contribution is -0.142. The van der Waals surface area contributed by atoms with E-state index in [4.69, 9.17) is 10.2 Å². The van der Waals surface area contributed by atoms with Gasteiger partial charge in [-0.25, -0.2) is 4.79 Å². The third-order valence-corrected chi connectivity index (χ3v) is 3.07. The number of carbonyl (C=O) groups is 3. The Morgan fingerprint density at radius 1 is 1.32 bits per heavy atom. The Hall–Kier alpha value is -1.64. The number of hydrogen-bond donors (Lipinski definition) is 3. The highest BCUT2D eigenvalue weighted by Crippen LogP contribution is 2.19. The van der Waals surface area contributed by atoms with Crippen LogP contribution in [0.4, 0.5) is 5.69 Å². The Kier molecular flexibility index (Phi) is 5.28. The van der Waals surface area contributed by atoms with Gasteiger partial charge in [0.25, 0.3) is 0 Å². The van der Waals surface area contributed by atoms with E-state index in [-0.39, 0.29) is 17.7 Å². The zero-order valence-corrected chi connectivity index (χ0v) is 12.2. The number of rotatable bonds is 5. The van der Waals surface area contributed by atoms with Crippen molar-refractivity contribution in [2.75, 3.05) is 5.32 Å². The highest BCUT2D eigenvalue weighted by atomic mass is 127. The molecular formula is C12H12INO5. The Bertz CT molecular complexity index is 529. The molecule has 0 saturated heterocycles. The first kappa shape index (κ1) is 15.4. The fourth-order valence-electron chi connectivity index (χ4n) is 1.37. The summed E-state index contributed by atoms with van der Waals surface area (Å²) in [5.41, 5.74) is 0.138. The smallest absolute Gasteiger partial charge is 0.337 e. The molecule has 0 spiro atoms. The predicted molar refractivity (Wildman–Crippen MR) is 76.2 cm³/mol. The number of carboxylic acids is 2. The molecule has 0 saturated carbocycles. The molecule has 1 atom stereocenters. The Morgan fingerprint density at radius 2 is 1.95 bits per heavy atom. The molecular weight excluding hydrogens is 365 g/mol. The molecule has 7 heteroatoms. The Balaban J connectivity index is 2.85. The average molecular weight is 377 g/mol. The van der Waals surface area contributed by atoms with E-state index in [0.717, 1.165) is 3.57 Å². The standard InChI is InChI=1S/C12H12INO5/c1-6(11(16)17)4-10(15)14-9-3-2-7(13)5-8(9)12(18)19/h2-3,5-6H,4H2,1H3,(H,14,15)(H,16,17)(H,18,19)/t6-/m0/s1. The molecule has 1 rings (SSSR count). The molecule has 0 radical (unpaired) electrons. The summed E-state index contributed by atoms with van der Waals surface area (Å²) in [6.45, 7) is 1.41. The number of hydrogen-bond acceptors (Lipinski definition) is 3. The van der Waals surface area contributed by atoms with Crippen LogP contribution < -0.4 is 5.32 Å². The normalized spacial score (nSPS) is 11.7. The molecule has 1 amide bonds. The minimum atomic E-state index is -1.15. The van der Waals surface area contributed by atoms with Gasteiger partial charge in [-0.05, 0) is 40.8 Å². The summed E-state index contributed by atoms with van der Waals surface area (Å²) in [5, 5.41) is 20.1. The summed E-state index contributed by atoms with van der Waals surface area (Å²) >= 11 is 1.96. The number of halogens is 1. The van der Waals surface area contributed by atoms with Crippen LogP contribution in [0.25, 0.3) is 0 Å². The van der Waals surface area contributed by atoms with Crippen molar-refractivity contribution in [3.63, 3.8) is 0 Å². The van der Waals surface area contributed by atoms with Gasteiger partial charge in [-0.15, -0.1) is 0 Å². The minimum absolute atomic E-state index is 0.0248. The number of amides is 1. The van der Waals surface area contributed by atoms with Crippen LogP contribution >= 0.6 is 22.6 Å². The highest BCUT2D eigenvalue weighted by molar-refractivity contribution is 14.1. The van der Waals surface area contributed by atoms with Crippen molar-refractivity contribution in [2.45, 2.75) is 13.3 Å². The van der Waals surface area contributed by atoms with Crippen LogP contribution in [0.3, 0.4) is 0 Å². The molecule has 1 aromatic rings. The van der Waals surface area contributed by atoms with Crippen molar-refractivity contribution in [3.8, 4) is 0 Å². The number of aliphatic carboxylic acids is 1. The van der Waals surface area contributed by atoms with Crippen molar-refractivity contribution < 1.29 is 24.6 Å². The SMILES string of the molecule is C[C@@H](CC(=O)Nc1ccc(I)cc1C(=O)O)C(=O)O. The lowest BCUT2D eigenvalue weighted by Crippen LogP contribution is -2.21. The zero-order chi connectivity index (χ0) is 14.6. The molecule has 0 aromatic heterocycles. The van der Waals surface area contributed by atoms with Crippen LogP contribution in [0.2, 0.25) is 0 Å². The van der Waals surface area contributed by atoms with Gasteiger partial charge in [0.1, 0.15) is 0 Å². The van der Waals surface area contributed by atoms with E-state index in [1.165, 1.54) is 19.1 Å². The first-order valence-electron chi connectivity index (χ1n) is 5.36. The van der Waals surface area contributed by atoms with E-state index in [1.807, 2.05) is 22.6 Å². The summed E-state index contributed by atoms with van der Waals surface area (Å²) in [4.78, 5) is 33.3. The van der Waals surface area contributed by atoms with Gasteiger partial charge in [0, 0.05) is 9.99 Å². The fourth-order valence-corrected chi connectivity index (χ4v) is 1.86. The first-order valence-corrected chi connectivity index (χ1v) is 6.44. The van der Waals surface area contributed by atoms with E-state index < -0.39 is 23.8 Å². The van der Waals surface area contributed by atoms with E-state index in [2.05, 4.69) is 5.32 Å². The zero-order valence-electron chi connectivity index (χ0n) is 10.0. The van der Waals surface area contributed by atoms with Gasteiger partial charge in [0.05, 0.1) is 17.2 Å². The van der Waals surface area contributed by atoms with Crippen molar-refractivity contribution in [3.05, 3.63) is 27.3 Å². The molecule has 0 aliphatic heterocycles. The molecule has 0 fully saturated rings. The second-order valence-electron chi connectivity index (χ2n) is 3.99. The lowest BCUT2D eigenvalue weighted by atomic mass is 10.1. The van der Waals surface area contributed by atoms with Gasteiger partial charge < -0.3 is 15.5 Å². The molecule has 6 nitrogen and oxygen atoms in total. The Morgan fingerprint density at radius 3 is 2.47 bits per heavy atom. The van der Waals surface area contributed by atoms with Crippen LogP contribution in [-0.4, -0.2) is 28.1 Å².